The van der Waals surface area contributed by atoms with Crippen LogP contribution in [0.2, 0.25) is 0 Å². The van der Waals surface area contributed by atoms with Crippen LogP contribution in [0.25, 0.3) is 17.0 Å². The maximum absolute atomic E-state index is 14.0. The minimum absolute atomic E-state index is 0.132. The van der Waals surface area contributed by atoms with Crippen molar-refractivity contribution in [2.75, 3.05) is 44.2 Å². The molecule has 2 fully saturated rings. The van der Waals surface area contributed by atoms with Crippen molar-refractivity contribution in [1.29, 1.82) is 0 Å². The number of carbonyl (C=O) groups excluding carboxylic acids is 2. The van der Waals surface area contributed by atoms with Crippen LogP contribution in [0.5, 0.6) is 0 Å². The third-order valence-electron chi connectivity index (χ3n) is 10.2. The number of benzene rings is 2. The van der Waals surface area contributed by atoms with Crippen molar-refractivity contribution in [2.24, 2.45) is 17.5 Å². The summed E-state index contributed by atoms with van der Waals surface area (Å²) in [6.07, 6.45) is 8.16. The van der Waals surface area contributed by atoms with Crippen LogP contribution < -0.4 is 4.90 Å². The number of hydrogen-bond donors (Lipinski definition) is 0. The summed E-state index contributed by atoms with van der Waals surface area (Å²) in [7, 11) is 1.86. The summed E-state index contributed by atoms with van der Waals surface area (Å²) in [5, 5.41) is 4.38. The number of amides is 2. The number of aliphatic imine (C=N–C) groups is 1. The van der Waals surface area contributed by atoms with E-state index in [2.05, 4.69) is 74.6 Å². The zero-order chi connectivity index (χ0) is 32.1. The maximum Gasteiger partial charge on any atom is 0.237 e. The predicted molar refractivity (Wildman–Crippen MR) is 181 cm³/mol. The first-order valence-electron chi connectivity index (χ1n) is 16.4. The number of hydrogen-bond acceptors (Lipinski definition) is 7. The molecule has 0 saturated carbocycles. The minimum atomic E-state index is -0.428. The van der Waals surface area contributed by atoms with Crippen LogP contribution in [0.1, 0.15) is 47.2 Å². The molecule has 8 rings (SSSR count). The Morgan fingerprint density at radius 3 is 2.49 bits per heavy atom. The zero-order valence-corrected chi connectivity index (χ0v) is 26.9. The number of nitrogens with zero attached hydrogens (tertiary/aromatic N) is 8. The molecule has 4 aliphatic rings. The molecule has 1 spiro atoms. The molecule has 238 valence electrons. The summed E-state index contributed by atoms with van der Waals surface area (Å²) < 4.78 is 1.70. The second kappa shape index (κ2) is 11.7. The number of aromatic nitrogens is 4. The Bertz CT molecular complexity index is 1930. The first-order valence-corrected chi connectivity index (χ1v) is 16.4. The van der Waals surface area contributed by atoms with Gasteiger partial charge in [-0.2, -0.15) is 5.10 Å². The normalized spacial score (nSPS) is 21.0. The summed E-state index contributed by atoms with van der Waals surface area (Å²) in [5.74, 6) is 1.02. The van der Waals surface area contributed by atoms with E-state index < -0.39 is 5.41 Å². The molecule has 4 aliphatic heterocycles. The molecular weight excluding hydrogens is 588 g/mol. The van der Waals surface area contributed by atoms with Crippen molar-refractivity contribution in [3.8, 4) is 11.4 Å². The molecular formula is C37H38N8O2. The van der Waals surface area contributed by atoms with Gasteiger partial charge in [0, 0.05) is 67.5 Å². The lowest BCUT2D eigenvalue weighted by atomic mass is 9.85. The fourth-order valence-electron chi connectivity index (χ4n) is 7.49. The van der Waals surface area contributed by atoms with Gasteiger partial charge in [-0.3, -0.25) is 29.1 Å². The van der Waals surface area contributed by atoms with Crippen molar-refractivity contribution in [3.63, 3.8) is 0 Å². The highest BCUT2D eigenvalue weighted by atomic mass is 16.2. The monoisotopic (exact) mass is 626 g/mol. The number of anilines is 1. The lowest BCUT2D eigenvalue weighted by Crippen LogP contribution is -2.43. The Balaban J connectivity index is 0.883. The van der Waals surface area contributed by atoms with E-state index in [0.717, 1.165) is 59.6 Å². The van der Waals surface area contributed by atoms with Gasteiger partial charge in [0.05, 0.1) is 24.2 Å². The molecule has 0 unspecified atom stereocenters. The fourth-order valence-corrected chi connectivity index (χ4v) is 7.49. The van der Waals surface area contributed by atoms with Crippen LogP contribution in [-0.4, -0.2) is 86.3 Å². The zero-order valence-electron chi connectivity index (χ0n) is 26.9. The van der Waals surface area contributed by atoms with Gasteiger partial charge in [0.2, 0.25) is 11.8 Å². The number of aryl methyl sites for hydroxylation is 2. The maximum atomic E-state index is 14.0. The Morgan fingerprint density at radius 2 is 1.74 bits per heavy atom. The summed E-state index contributed by atoms with van der Waals surface area (Å²) in [4.78, 5) is 47.0. The number of fused-ring (bicyclic) bond motifs is 1. The average molecular weight is 627 g/mol. The molecule has 0 bridgehead atoms. The van der Waals surface area contributed by atoms with Gasteiger partial charge in [0.1, 0.15) is 6.33 Å². The van der Waals surface area contributed by atoms with Crippen LogP contribution in [0.3, 0.4) is 0 Å². The van der Waals surface area contributed by atoms with Crippen LogP contribution in [0, 0.1) is 12.3 Å². The van der Waals surface area contributed by atoms with Crippen molar-refractivity contribution >= 4 is 28.8 Å². The highest BCUT2D eigenvalue weighted by molar-refractivity contribution is 6.15. The molecule has 10 heteroatoms. The van der Waals surface area contributed by atoms with E-state index in [1.807, 2.05) is 36.0 Å². The predicted octanol–water partition coefficient (Wildman–Crippen LogP) is 4.28. The molecule has 2 amide bonds. The Kier molecular flexibility index (Phi) is 7.32. The molecule has 1 atom stereocenters. The standard InChI is InChI=1S/C37H38N8O2/c1-25-3-4-30(21-38-25)34-32-19-31(10-9-29(32)20-39-34)45-18-14-37(36(45)47)13-17-43(23-37)22-33(46)44-15-11-27(12-16-44)26-5-7-28(8-6-26)35-40-24-42(2)41-35/h3-11,19,21,24H,12-18,20,22-23H2,1-2H3/t37-/m0/s1. The quantitative estimate of drug-likeness (QED) is 0.317. The summed E-state index contributed by atoms with van der Waals surface area (Å²) in [5.41, 5.74) is 9.08. The topological polar surface area (TPSA) is 99.8 Å². The molecule has 0 aliphatic carbocycles. The van der Waals surface area contributed by atoms with Gasteiger partial charge in [0.15, 0.2) is 5.82 Å². The highest BCUT2D eigenvalue weighted by Gasteiger charge is 2.51. The fraction of sp³-hybridized carbons (Fsp3) is 0.351. The van der Waals surface area contributed by atoms with E-state index in [1.54, 1.807) is 11.0 Å². The largest absolute Gasteiger partial charge is 0.338 e. The Labute approximate surface area is 274 Å². The average Bonchev–Trinajstić information content (AvgIpc) is 3.89. The van der Waals surface area contributed by atoms with E-state index in [-0.39, 0.29) is 11.8 Å². The van der Waals surface area contributed by atoms with Gasteiger partial charge in [-0.15, -0.1) is 0 Å². The van der Waals surface area contributed by atoms with Gasteiger partial charge in [-0.1, -0.05) is 36.4 Å². The summed E-state index contributed by atoms with van der Waals surface area (Å²) in [6.45, 7) is 6.36. The number of rotatable bonds is 6. The Hall–Kier alpha value is -4.96. The third-order valence-corrected chi connectivity index (χ3v) is 10.2. The van der Waals surface area contributed by atoms with Gasteiger partial charge in [-0.05, 0) is 73.7 Å². The SMILES string of the molecule is Cc1ccc(C2=NCc3ccc(N4CC[C@]5(CCN(CC(=O)N6CC=C(c7ccc(-c8ncn(C)n8)cc7)CC6)C5)C4=O)cc32)cn1. The van der Waals surface area contributed by atoms with Crippen molar-refractivity contribution in [2.45, 2.75) is 32.7 Å². The molecule has 6 heterocycles. The molecule has 10 nitrogen and oxygen atoms in total. The number of pyridine rings is 1. The number of likely N-dealkylation sites (tertiary alicyclic amines) is 1. The third kappa shape index (κ3) is 5.46. The van der Waals surface area contributed by atoms with Crippen LogP contribution in [-0.2, 0) is 23.2 Å². The minimum Gasteiger partial charge on any atom is -0.338 e. The van der Waals surface area contributed by atoms with E-state index in [0.29, 0.717) is 45.1 Å². The summed E-state index contributed by atoms with van der Waals surface area (Å²) >= 11 is 0. The van der Waals surface area contributed by atoms with Crippen LogP contribution in [0.4, 0.5) is 5.69 Å². The van der Waals surface area contributed by atoms with Gasteiger partial charge < -0.3 is 9.80 Å². The molecule has 2 saturated heterocycles. The van der Waals surface area contributed by atoms with E-state index in [4.69, 9.17) is 4.99 Å². The van der Waals surface area contributed by atoms with Crippen LogP contribution in [0.15, 0.2) is 78.2 Å². The second-order valence-electron chi connectivity index (χ2n) is 13.3. The van der Waals surface area contributed by atoms with Gasteiger partial charge in [-0.25, -0.2) is 4.98 Å². The lowest BCUT2D eigenvalue weighted by molar-refractivity contribution is -0.132. The lowest BCUT2D eigenvalue weighted by Gasteiger charge is -2.29. The van der Waals surface area contributed by atoms with Crippen molar-refractivity contribution in [1.82, 2.24) is 29.5 Å². The smallest absolute Gasteiger partial charge is 0.237 e. The summed E-state index contributed by atoms with van der Waals surface area (Å²) in [6, 6.07) is 18.7. The first-order chi connectivity index (χ1) is 22.8. The van der Waals surface area contributed by atoms with Crippen molar-refractivity contribution < 1.29 is 9.59 Å². The Morgan fingerprint density at radius 1 is 0.936 bits per heavy atom. The second-order valence-corrected chi connectivity index (χ2v) is 13.3. The molecule has 0 radical (unpaired) electrons. The first kappa shape index (κ1) is 29.4. The molecule has 4 aromatic rings. The highest BCUT2D eigenvalue weighted by Crippen LogP contribution is 2.43. The van der Waals surface area contributed by atoms with E-state index >= 15 is 0 Å². The van der Waals surface area contributed by atoms with Crippen molar-refractivity contribution in [3.05, 3.63) is 101 Å². The molecule has 47 heavy (non-hydrogen) atoms. The van der Waals surface area contributed by atoms with Gasteiger partial charge >= 0.3 is 0 Å². The molecule has 2 aromatic heterocycles. The molecule has 0 N–H and O–H groups in total. The van der Waals surface area contributed by atoms with Gasteiger partial charge in [0.25, 0.3) is 0 Å². The van der Waals surface area contributed by atoms with E-state index in [1.165, 1.54) is 16.7 Å². The van der Waals surface area contributed by atoms with E-state index in [9.17, 15) is 9.59 Å². The molecule has 2 aromatic carbocycles. The number of carbonyl (C=O) groups is 2. The van der Waals surface area contributed by atoms with Crippen LogP contribution >= 0.6 is 0 Å².